The fourth-order valence-electron chi connectivity index (χ4n) is 0.941. The van der Waals surface area contributed by atoms with E-state index in [-0.39, 0.29) is 19.1 Å². The lowest BCUT2D eigenvalue weighted by atomic mass is 10.2. The first kappa shape index (κ1) is 23.9. The van der Waals surface area contributed by atoms with Crippen LogP contribution in [0.15, 0.2) is 24.3 Å². The van der Waals surface area contributed by atoms with Gasteiger partial charge in [-0.3, -0.25) is 9.05 Å². The van der Waals surface area contributed by atoms with Gasteiger partial charge in [-0.1, -0.05) is 19.1 Å². The standard InChI is InChI=1S/C10H21O11P3/c1-4-9(2)8-19-23(14,15)21-24(16,17)20-22(12,13)18-6-5-10(3)7-11/h4-5,9,11H,1,6-8H2,2-3H3,(H,12,13)(H,14,15)(H,16,17)/b10-5+. The molecule has 0 aromatic rings. The summed E-state index contributed by atoms with van der Waals surface area (Å²) in [6, 6.07) is 0. The number of hydrogen-bond donors (Lipinski definition) is 4. The summed E-state index contributed by atoms with van der Waals surface area (Å²) in [6.45, 7) is 5.28. The molecule has 4 unspecified atom stereocenters. The van der Waals surface area contributed by atoms with Gasteiger partial charge < -0.3 is 19.8 Å². The topological polar surface area (TPSA) is 169 Å². The minimum Gasteiger partial charge on any atom is -0.392 e. The molecule has 0 aromatic heterocycles. The van der Waals surface area contributed by atoms with Crippen LogP contribution in [0.2, 0.25) is 0 Å². The highest BCUT2D eigenvalue weighted by Gasteiger charge is 2.42. The molecule has 0 saturated carbocycles. The predicted molar refractivity (Wildman–Crippen MR) is 83.8 cm³/mol. The minimum absolute atomic E-state index is 0.324. The summed E-state index contributed by atoms with van der Waals surface area (Å²) in [5, 5.41) is 8.72. The number of phosphoric acid groups is 3. The van der Waals surface area contributed by atoms with Crippen LogP contribution >= 0.6 is 23.5 Å². The summed E-state index contributed by atoms with van der Waals surface area (Å²) >= 11 is 0. The van der Waals surface area contributed by atoms with E-state index in [0.29, 0.717) is 5.57 Å². The van der Waals surface area contributed by atoms with Crippen molar-refractivity contribution in [2.75, 3.05) is 19.8 Å². The van der Waals surface area contributed by atoms with Gasteiger partial charge in [0.2, 0.25) is 0 Å². The summed E-state index contributed by atoms with van der Waals surface area (Å²) < 4.78 is 51.0. The third kappa shape index (κ3) is 11.4. The molecule has 0 heterocycles. The van der Waals surface area contributed by atoms with Gasteiger partial charge in [0.25, 0.3) is 0 Å². The number of rotatable bonds is 12. The van der Waals surface area contributed by atoms with E-state index in [9.17, 15) is 28.4 Å². The zero-order chi connectivity index (χ0) is 19.0. The molecule has 24 heavy (non-hydrogen) atoms. The van der Waals surface area contributed by atoms with Crippen LogP contribution in [-0.2, 0) is 31.4 Å². The van der Waals surface area contributed by atoms with E-state index in [1.165, 1.54) is 19.1 Å². The molecule has 0 aliphatic rings. The van der Waals surface area contributed by atoms with Crippen molar-refractivity contribution in [2.45, 2.75) is 13.8 Å². The number of aliphatic hydroxyl groups is 1. The molecule has 0 bridgehead atoms. The van der Waals surface area contributed by atoms with Crippen molar-refractivity contribution in [3.8, 4) is 0 Å². The number of phosphoric ester groups is 2. The molecule has 14 heteroatoms. The lowest BCUT2D eigenvalue weighted by Gasteiger charge is -2.18. The number of hydrogen-bond acceptors (Lipinski definition) is 8. The van der Waals surface area contributed by atoms with Crippen LogP contribution in [0.4, 0.5) is 0 Å². The van der Waals surface area contributed by atoms with Crippen molar-refractivity contribution in [1.29, 1.82) is 0 Å². The van der Waals surface area contributed by atoms with Gasteiger partial charge in [-0.25, -0.2) is 13.7 Å². The highest BCUT2D eigenvalue weighted by molar-refractivity contribution is 7.66. The summed E-state index contributed by atoms with van der Waals surface area (Å²) in [4.78, 5) is 27.8. The zero-order valence-electron chi connectivity index (χ0n) is 13.0. The second-order valence-corrected chi connectivity index (χ2v) is 9.22. The predicted octanol–water partition coefficient (Wildman–Crippen LogP) is 2.11. The Balaban J connectivity index is 4.70. The molecule has 0 radical (unpaired) electrons. The summed E-state index contributed by atoms with van der Waals surface area (Å²) in [5.41, 5.74) is 0.406. The maximum absolute atomic E-state index is 11.5. The van der Waals surface area contributed by atoms with Crippen molar-refractivity contribution in [1.82, 2.24) is 0 Å². The van der Waals surface area contributed by atoms with Gasteiger partial charge in [0, 0.05) is 0 Å². The van der Waals surface area contributed by atoms with Gasteiger partial charge in [0.1, 0.15) is 0 Å². The van der Waals surface area contributed by atoms with Crippen molar-refractivity contribution in [3.63, 3.8) is 0 Å². The quantitative estimate of drug-likeness (QED) is 0.274. The van der Waals surface area contributed by atoms with Crippen molar-refractivity contribution >= 4 is 23.5 Å². The first-order valence-electron chi connectivity index (χ1n) is 6.41. The summed E-state index contributed by atoms with van der Waals surface area (Å²) in [5.74, 6) is -0.359. The SMILES string of the molecule is C=CC(C)COP(=O)(O)OP(=O)(O)OP(=O)(O)OC/C=C(\C)CO. The van der Waals surface area contributed by atoms with E-state index in [2.05, 4.69) is 24.2 Å². The Morgan fingerprint density at radius 3 is 2.04 bits per heavy atom. The second kappa shape index (κ2) is 10.1. The largest absolute Gasteiger partial charge is 0.490 e. The molecule has 0 amide bonds. The minimum atomic E-state index is -5.45. The van der Waals surface area contributed by atoms with Gasteiger partial charge >= 0.3 is 23.5 Å². The molecule has 0 rings (SSSR count). The zero-order valence-corrected chi connectivity index (χ0v) is 15.7. The van der Waals surface area contributed by atoms with Gasteiger partial charge in [-0.2, -0.15) is 8.62 Å². The van der Waals surface area contributed by atoms with E-state index >= 15 is 0 Å². The fraction of sp³-hybridized carbons (Fsp3) is 0.600. The summed E-state index contributed by atoms with van der Waals surface area (Å²) in [7, 11) is -15.6. The molecule has 142 valence electrons. The third-order valence-corrected chi connectivity index (χ3v) is 6.49. The summed E-state index contributed by atoms with van der Waals surface area (Å²) in [6.07, 6.45) is 2.61. The Kier molecular flexibility index (Phi) is 10.0. The molecule has 0 aliphatic carbocycles. The van der Waals surface area contributed by atoms with Crippen molar-refractivity contribution in [3.05, 3.63) is 24.3 Å². The second-order valence-electron chi connectivity index (χ2n) is 4.58. The van der Waals surface area contributed by atoms with Crippen LogP contribution in [0.5, 0.6) is 0 Å². The molecule has 4 N–H and O–H groups in total. The van der Waals surface area contributed by atoms with Crippen LogP contribution in [0.25, 0.3) is 0 Å². The van der Waals surface area contributed by atoms with Crippen LogP contribution in [0.1, 0.15) is 13.8 Å². The first-order valence-corrected chi connectivity index (χ1v) is 10.9. The highest BCUT2D eigenvalue weighted by Crippen LogP contribution is 2.67. The normalized spacial score (nSPS) is 21.3. The molecule has 4 atom stereocenters. The van der Waals surface area contributed by atoms with E-state index in [4.69, 9.17) is 5.11 Å². The Morgan fingerprint density at radius 1 is 1.08 bits per heavy atom. The van der Waals surface area contributed by atoms with E-state index < -0.39 is 30.1 Å². The van der Waals surface area contributed by atoms with Crippen molar-refractivity contribution in [2.24, 2.45) is 5.92 Å². The van der Waals surface area contributed by atoms with Crippen molar-refractivity contribution < 1.29 is 51.2 Å². The smallest absolute Gasteiger partial charge is 0.392 e. The van der Waals surface area contributed by atoms with Crippen LogP contribution in [-0.4, -0.2) is 39.6 Å². The van der Waals surface area contributed by atoms with E-state index in [1.807, 2.05) is 0 Å². The monoisotopic (exact) mass is 410 g/mol. The fourth-order valence-corrected chi connectivity index (χ4v) is 4.48. The third-order valence-electron chi connectivity index (χ3n) is 2.23. The molecule has 0 fully saturated rings. The van der Waals surface area contributed by atoms with Gasteiger partial charge in [-0.15, -0.1) is 6.58 Å². The van der Waals surface area contributed by atoms with Gasteiger partial charge in [-0.05, 0) is 18.4 Å². The average Bonchev–Trinajstić information content (AvgIpc) is 2.41. The van der Waals surface area contributed by atoms with Crippen LogP contribution in [0.3, 0.4) is 0 Å². The lowest BCUT2D eigenvalue weighted by molar-refractivity contribution is 0.157. The molecular formula is C10H21O11P3. The van der Waals surface area contributed by atoms with Crippen LogP contribution < -0.4 is 0 Å². The molecule has 11 nitrogen and oxygen atoms in total. The maximum Gasteiger partial charge on any atom is 0.490 e. The molecule has 0 saturated heterocycles. The molecule has 0 spiro atoms. The Morgan fingerprint density at radius 2 is 1.58 bits per heavy atom. The first-order chi connectivity index (χ1) is 10.8. The molecule has 0 aromatic carbocycles. The van der Waals surface area contributed by atoms with Crippen LogP contribution in [0, 0.1) is 5.92 Å². The molecule has 0 aliphatic heterocycles. The Bertz CT molecular complexity index is 587. The van der Waals surface area contributed by atoms with E-state index in [1.54, 1.807) is 6.92 Å². The van der Waals surface area contributed by atoms with Gasteiger partial charge in [0.05, 0.1) is 19.8 Å². The maximum atomic E-state index is 11.5. The Labute approximate surface area is 139 Å². The number of aliphatic hydroxyl groups excluding tert-OH is 1. The lowest BCUT2D eigenvalue weighted by Crippen LogP contribution is -2.03. The Hall–Kier alpha value is -0.150. The van der Waals surface area contributed by atoms with E-state index in [0.717, 1.165) is 0 Å². The van der Waals surface area contributed by atoms with Gasteiger partial charge in [0.15, 0.2) is 0 Å². The highest BCUT2D eigenvalue weighted by atomic mass is 31.3. The molecular weight excluding hydrogens is 389 g/mol. The average molecular weight is 410 g/mol.